The van der Waals surface area contributed by atoms with Gasteiger partial charge in [-0.15, -0.1) is 0 Å². The van der Waals surface area contributed by atoms with E-state index >= 15 is 0 Å². The lowest BCUT2D eigenvalue weighted by atomic mass is 9.87. The molecule has 1 aliphatic heterocycles. The predicted octanol–water partition coefficient (Wildman–Crippen LogP) is 5.04. The summed E-state index contributed by atoms with van der Waals surface area (Å²) in [6.45, 7) is 7.97. The molecule has 0 unspecified atom stereocenters. The van der Waals surface area contributed by atoms with Crippen LogP contribution in [-0.4, -0.2) is 12.6 Å². The molecule has 2 aromatic rings. The molecule has 1 N–H and O–H groups in total. The summed E-state index contributed by atoms with van der Waals surface area (Å²) in [6, 6.07) is 16.8. The largest absolute Gasteiger partial charge is 0.334 e. The lowest BCUT2D eigenvalue weighted by Crippen LogP contribution is -2.40. The van der Waals surface area contributed by atoms with Gasteiger partial charge in [-0.3, -0.25) is 4.90 Å². The van der Waals surface area contributed by atoms with Gasteiger partial charge in [-0.1, -0.05) is 63.2 Å². The second-order valence-electron chi connectivity index (χ2n) is 7.84. The molecule has 3 rings (SSSR count). The zero-order valence-electron chi connectivity index (χ0n) is 15.5. The van der Waals surface area contributed by atoms with Crippen LogP contribution in [0.15, 0.2) is 48.5 Å². The zero-order valence-corrected chi connectivity index (χ0v) is 15.5. The zero-order chi connectivity index (χ0) is 17.9. The molecule has 3 heteroatoms. The molecule has 132 valence electrons. The number of anilines is 1. The third-order valence-electron chi connectivity index (χ3n) is 4.87. The predicted molar refractivity (Wildman–Crippen MR) is 104 cm³/mol. The van der Waals surface area contributed by atoms with E-state index in [2.05, 4.69) is 68.6 Å². The van der Waals surface area contributed by atoms with Gasteiger partial charge in [-0.25, -0.2) is 4.79 Å². The van der Waals surface area contributed by atoms with Crippen molar-refractivity contribution in [1.82, 2.24) is 5.32 Å². The first-order valence-electron chi connectivity index (χ1n) is 9.18. The van der Waals surface area contributed by atoms with E-state index in [0.29, 0.717) is 6.54 Å². The summed E-state index contributed by atoms with van der Waals surface area (Å²) in [7, 11) is 0. The topological polar surface area (TPSA) is 32.3 Å². The summed E-state index contributed by atoms with van der Waals surface area (Å²) in [5.74, 6) is 0. The first kappa shape index (κ1) is 17.5. The number of urea groups is 1. The molecule has 0 aromatic heterocycles. The molecule has 0 bridgehead atoms. The molecule has 0 saturated heterocycles. The van der Waals surface area contributed by atoms with Gasteiger partial charge in [0.1, 0.15) is 0 Å². The van der Waals surface area contributed by atoms with Gasteiger partial charge in [0.25, 0.3) is 0 Å². The molecule has 1 aliphatic rings. The lowest BCUT2D eigenvalue weighted by Gasteiger charge is -2.23. The van der Waals surface area contributed by atoms with Crippen molar-refractivity contribution in [1.29, 1.82) is 0 Å². The maximum atomic E-state index is 12.7. The lowest BCUT2D eigenvalue weighted by molar-refractivity contribution is 0.246. The molecule has 0 saturated carbocycles. The fraction of sp³-hybridized carbons (Fsp3) is 0.409. The minimum absolute atomic E-state index is 0.00533. The summed E-state index contributed by atoms with van der Waals surface area (Å²) in [5, 5.41) is 3.08. The molecule has 2 aromatic carbocycles. The quantitative estimate of drug-likeness (QED) is 0.819. The third kappa shape index (κ3) is 4.22. The Bertz CT molecular complexity index is 728. The number of hydrogen-bond acceptors (Lipinski definition) is 1. The van der Waals surface area contributed by atoms with Gasteiger partial charge in [-0.2, -0.15) is 0 Å². The highest BCUT2D eigenvalue weighted by Gasteiger charge is 2.20. The fourth-order valence-corrected chi connectivity index (χ4v) is 3.30. The summed E-state index contributed by atoms with van der Waals surface area (Å²) < 4.78 is 0. The Labute approximate surface area is 151 Å². The molecule has 0 fully saturated rings. The van der Waals surface area contributed by atoms with Gasteiger partial charge in [-0.05, 0) is 47.4 Å². The number of benzene rings is 2. The van der Waals surface area contributed by atoms with Crippen LogP contribution in [-0.2, 0) is 18.4 Å². The molecule has 0 spiro atoms. The number of fused-ring (bicyclic) bond motifs is 1. The fourth-order valence-electron chi connectivity index (χ4n) is 3.30. The van der Waals surface area contributed by atoms with E-state index in [1.807, 2.05) is 11.0 Å². The van der Waals surface area contributed by atoms with E-state index in [9.17, 15) is 4.79 Å². The molecule has 25 heavy (non-hydrogen) atoms. The van der Waals surface area contributed by atoms with E-state index in [-0.39, 0.29) is 11.4 Å². The van der Waals surface area contributed by atoms with Crippen molar-refractivity contribution in [3.63, 3.8) is 0 Å². The van der Waals surface area contributed by atoms with Crippen LogP contribution < -0.4 is 10.2 Å². The van der Waals surface area contributed by atoms with Crippen molar-refractivity contribution in [3.8, 4) is 0 Å². The van der Waals surface area contributed by atoms with Crippen molar-refractivity contribution in [2.75, 3.05) is 11.4 Å². The Kier molecular flexibility index (Phi) is 5.12. The van der Waals surface area contributed by atoms with Crippen LogP contribution >= 0.6 is 0 Å². The smallest absolute Gasteiger partial charge is 0.322 e. The van der Waals surface area contributed by atoms with Crippen molar-refractivity contribution in [2.24, 2.45) is 0 Å². The van der Waals surface area contributed by atoms with E-state index in [1.54, 1.807) is 0 Å². The van der Waals surface area contributed by atoms with Gasteiger partial charge >= 0.3 is 6.03 Å². The molecule has 0 aliphatic carbocycles. The number of carbonyl (C=O) groups is 1. The Morgan fingerprint density at radius 2 is 1.76 bits per heavy atom. The average Bonchev–Trinajstić information content (AvgIpc) is 2.82. The summed E-state index contributed by atoms with van der Waals surface area (Å²) in [6.07, 6.45) is 3.23. The molecule has 0 atom stereocenters. The van der Waals surface area contributed by atoms with Crippen LogP contribution in [0.5, 0.6) is 0 Å². The Morgan fingerprint density at radius 1 is 1.04 bits per heavy atom. The summed E-state index contributed by atoms with van der Waals surface area (Å²) in [4.78, 5) is 14.6. The van der Waals surface area contributed by atoms with Crippen LogP contribution in [0.4, 0.5) is 10.5 Å². The van der Waals surface area contributed by atoms with Crippen LogP contribution in [0, 0.1) is 0 Å². The summed E-state index contributed by atoms with van der Waals surface area (Å²) in [5.41, 5.74) is 4.91. The molecule has 1 heterocycles. The monoisotopic (exact) mass is 336 g/mol. The molecular weight excluding hydrogens is 308 g/mol. The standard InChI is InChI=1S/C22H28N2O/c1-22(2,3)19-13-11-17(12-14-19)16-23-21(25)24-15-7-6-9-18-8-4-5-10-20(18)24/h4-5,8,10-14H,6-7,9,15-16H2,1-3H3,(H,23,25). The number of nitrogens with zero attached hydrogens (tertiary/aromatic N) is 1. The second-order valence-corrected chi connectivity index (χ2v) is 7.84. The van der Waals surface area contributed by atoms with Crippen LogP contribution in [0.1, 0.15) is 50.3 Å². The van der Waals surface area contributed by atoms with Crippen LogP contribution in [0.2, 0.25) is 0 Å². The van der Waals surface area contributed by atoms with Gasteiger partial charge < -0.3 is 5.32 Å². The number of carbonyl (C=O) groups excluding carboxylic acids is 1. The summed E-state index contributed by atoms with van der Waals surface area (Å²) >= 11 is 0. The van der Waals surface area contributed by atoms with E-state index < -0.39 is 0 Å². The first-order valence-corrected chi connectivity index (χ1v) is 9.18. The molecule has 0 radical (unpaired) electrons. The average molecular weight is 336 g/mol. The maximum absolute atomic E-state index is 12.7. The van der Waals surface area contributed by atoms with E-state index in [4.69, 9.17) is 0 Å². The highest BCUT2D eigenvalue weighted by Crippen LogP contribution is 2.26. The van der Waals surface area contributed by atoms with Crippen molar-refractivity contribution in [3.05, 3.63) is 65.2 Å². The maximum Gasteiger partial charge on any atom is 0.322 e. The van der Waals surface area contributed by atoms with E-state index in [0.717, 1.165) is 37.1 Å². The highest BCUT2D eigenvalue weighted by atomic mass is 16.2. The van der Waals surface area contributed by atoms with Crippen molar-refractivity contribution >= 4 is 11.7 Å². The minimum Gasteiger partial charge on any atom is -0.334 e. The number of nitrogens with one attached hydrogen (secondary N) is 1. The van der Waals surface area contributed by atoms with Crippen LogP contribution in [0.25, 0.3) is 0 Å². The molecule has 3 nitrogen and oxygen atoms in total. The SMILES string of the molecule is CC(C)(C)c1ccc(CNC(=O)N2CCCCc3ccccc32)cc1. The third-order valence-corrected chi connectivity index (χ3v) is 4.87. The van der Waals surface area contributed by atoms with Crippen LogP contribution in [0.3, 0.4) is 0 Å². The number of para-hydroxylation sites is 1. The Balaban J connectivity index is 1.67. The second kappa shape index (κ2) is 7.30. The number of aryl methyl sites for hydroxylation is 1. The number of rotatable bonds is 2. The molecular formula is C22H28N2O. The van der Waals surface area contributed by atoms with Crippen molar-refractivity contribution < 1.29 is 4.79 Å². The Morgan fingerprint density at radius 3 is 2.48 bits per heavy atom. The number of amides is 2. The van der Waals surface area contributed by atoms with Gasteiger partial charge in [0.15, 0.2) is 0 Å². The normalized spacial score (nSPS) is 14.6. The van der Waals surface area contributed by atoms with E-state index in [1.165, 1.54) is 11.1 Å². The number of hydrogen-bond donors (Lipinski definition) is 1. The first-order chi connectivity index (χ1) is 11.9. The van der Waals surface area contributed by atoms with Gasteiger partial charge in [0.05, 0.1) is 0 Å². The molecule has 2 amide bonds. The van der Waals surface area contributed by atoms with Gasteiger partial charge in [0.2, 0.25) is 0 Å². The van der Waals surface area contributed by atoms with Gasteiger partial charge in [0, 0.05) is 18.8 Å². The Hall–Kier alpha value is -2.29. The highest BCUT2D eigenvalue weighted by molar-refractivity contribution is 5.92. The van der Waals surface area contributed by atoms with Crippen molar-refractivity contribution in [2.45, 2.75) is 52.0 Å². The minimum atomic E-state index is -0.00533.